The first kappa shape index (κ1) is 23.0. The smallest absolute Gasteiger partial charge is 0.237 e. The van der Waals surface area contributed by atoms with Crippen molar-refractivity contribution in [3.8, 4) is 11.1 Å². The molecular formula is C25H24BrN3OS2. The molecule has 164 valence electrons. The van der Waals surface area contributed by atoms with E-state index < -0.39 is 0 Å². The minimum absolute atomic E-state index is 0.00205. The van der Waals surface area contributed by atoms with Gasteiger partial charge in [0.25, 0.3) is 0 Å². The molecule has 0 saturated heterocycles. The fraction of sp³-hybridized carbons (Fsp3) is 0.240. The summed E-state index contributed by atoms with van der Waals surface area (Å²) in [5.74, 6) is 0.331. The molecule has 4 nitrogen and oxygen atoms in total. The van der Waals surface area contributed by atoms with Crippen molar-refractivity contribution in [2.24, 2.45) is 0 Å². The molecule has 0 fully saturated rings. The number of nitrogens with zero attached hydrogens (tertiary/aromatic N) is 2. The second-order valence-corrected chi connectivity index (χ2v) is 10.7. The maximum absolute atomic E-state index is 13.2. The van der Waals surface area contributed by atoms with Crippen LogP contribution in [0.4, 0.5) is 5.69 Å². The lowest BCUT2D eigenvalue weighted by Gasteiger charge is -2.18. The summed E-state index contributed by atoms with van der Waals surface area (Å²) in [5.41, 5.74) is 4.23. The maximum Gasteiger partial charge on any atom is 0.237 e. The zero-order chi connectivity index (χ0) is 22.7. The average Bonchev–Trinajstić information content (AvgIpc) is 3.23. The Morgan fingerprint density at radius 3 is 2.59 bits per heavy atom. The summed E-state index contributed by atoms with van der Waals surface area (Å²) in [6.07, 6.45) is 2.29. The molecule has 0 bridgehead atoms. The average molecular weight is 527 g/mol. The largest absolute Gasteiger partial charge is 0.325 e. The van der Waals surface area contributed by atoms with E-state index in [0.29, 0.717) is 12.3 Å². The number of aromatic nitrogens is 2. The van der Waals surface area contributed by atoms with Crippen molar-refractivity contribution in [3.05, 3.63) is 70.3 Å². The highest BCUT2D eigenvalue weighted by atomic mass is 79.9. The van der Waals surface area contributed by atoms with Crippen molar-refractivity contribution in [3.63, 3.8) is 0 Å². The number of nitrogens with one attached hydrogen (secondary N) is 1. The Bertz CT molecular complexity index is 1240. The number of amides is 1. The zero-order valence-electron chi connectivity index (χ0n) is 18.1. The second-order valence-electron chi connectivity index (χ2n) is 7.76. The highest BCUT2D eigenvalue weighted by Gasteiger charge is 2.23. The number of fused-ring (bicyclic) bond motifs is 1. The molecule has 7 heteroatoms. The van der Waals surface area contributed by atoms with E-state index in [1.54, 1.807) is 17.7 Å². The molecule has 32 heavy (non-hydrogen) atoms. The Balaban J connectivity index is 1.64. The summed E-state index contributed by atoms with van der Waals surface area (Å²) in [5, 5.41) is 6.86. The normalized spacial score (nSPS) is 12.3. The number of benzene rings is 2. The van der Waals surface area contributed by atoms with Gasteiger partial charge < -0.3 is 5.32 Å². The van der Waals surface area contributed by atoms with Crippen LogP contribution < -0.4 is 5.32 Å². The van der Waals surface area contributed by atoms with E-state index in [9.17, 15) is 4.79 Å². The number of carbonyl (C=O) groups is 1. The molecule has 0 saturated carbocycles. The van der Waals surface area contributed by atoms with Crippen molar-refractivity contribution in [1.82, 2.24) is 9.97 Å². The zero-order valence-corrected chi connectivity index (χ0v) is 21.4. The van der Waals surface area contributed by atoms with E-state index in [4.69, 9.17) is 0 Å². The van der Waals surface area contributed by atoms with Gasteiger partial charge in [0.2, 0.25) is 5.91 Å². The fourth-order valence-electron chi connectivity index (χ4n) is 3.56. The molecule has 0 aliphatic rings. The molecule has 0 aliphatic carbocycles. The van der Waals surface area contributed by atoms with E-state index in [2.05, 4.69) is 68.6 Å². The predicted molar refractivity (Wildman–Crippen MR) is 140 cm³/mol. The first-order valence-corrected chi connectivity index (χ1v) is 13.1. The van der Waals surface area contributed by atoms with Gasteiger partial charge in [0.05, 0.1) is 10.6 Å². The summed E-state index contributed by atoms with van der Waals surface area (Å²) < 4.78 is 1.04. The molecule has 4 aromatic rings. The van der Waals surface area contributed by atoms with Crippen molar-refractivity contribution < 1.29 is 4.79 Å². The summed E-state index contributed by atoms with van der Waals surface area (Å²) in [7, 11) is 0. The molecule has 0 spiro atoms. The molecule has 2 aromatic carbocycles. The van der Waals surface area contributed by atoms with Gasteiger partial charge in [0, 0.05) is 21.1 Å². The highest BCUT2D eigenvalue weighted by Crippen LogP contribution is 2.40. The van der Waals surface area contributed by atoms with Gasteiger partial charge in [-0.2, -0.15) is 0 Å². The molecular weight excluding hydrogens is 502 g/mol. The Kier molecular flexibility index (Phi) is 7.28. The molecule has 1 N–H and O–H groups in total. The number of hydrogen-bond donors (Lipinski definition) is 1. The van der Waals surface area contributed by atoms with Gasteiger partial charge in [-0.3, -0.25) is 4.79 Å². The molecule has 2 aromatic heterocycles. The third-order valence-corrected chi connectivity index (χ3v) is 8.03. The van der Waals surface area contributed by atoms with Crippen molar-refractivity contribution >= 4 is 60.8 Å². The van der Waals surface area contributed by atoms with E-state index in [1.807, 2.05) is 37.3 Å². The second kappa shape index (κ2) is 10.1. The minimum atomic E-state index is -0.258. The lowest BCUT2D eigenvalue weighted by Crippen LogP contribution is -2.25. The van der Waals surface area contributed by atoms with Crippen LogP contribution in [0.15, 0.2) is 69.7 Å². The molecule has 0 aliphatic heterocycles. The monoisotopic (exact) mass is 525 g/mol. The number of halogens is 1. The van der Waals surface area contributed by atoms with Crippen molar-refractivity contribution in [2.75, 3.05) is 5.32 Å². The first-order valence-electron chi connectivity index (χ1n) is 10.5. The summed E-state index contributed by atoms with van der Waals surface area (Å²) in [6, 6.07) is 16.2. The molecule has 0 radical (unpaired) electrons. The lowest BCUT2D eigenvalue weighted by molar-refractivity contribution is -0.115. The Morgan fingerprint density at radius 2 is 1.88 bits per heavy atom. The maximum atomic E-state index is 13.2. The quantitative estimate of drug-likeness (QED) is 0.198. The Labute approximate surface area is 205 Å². The van der Waals surface area contributed by atoms with Gasteiger partial charge in [-0.15, -0.1) is 11.3 Å². The molecule has 1 amide bonds. The molecule has 1 unspecified atom stereocenters. The SMILES string of the molecule is CCC(Sc1ncnc2scc(-c3ccc(Br)cc3)c12)C(=O)Nc1ccccc1C(C)C. The summed E-state index contributed by atoms with van der Waals surface area (Å²) in [4.78, 5) is 23.2. The topological polar surface area (TPSA) is 54.9 Å². The Morgan fingerprint density at radius 1 is 1.12 bits per heavy atom. The van der Waals surface area contributed by atoms with Crippen LogP contribution in [0.5, 0.6) is 0 Å². The van der Waals surface area contributed by atoms with Gasteiger partial charge in [-0.25, -0.2) is 9.97 Å². The third kappa shape index (κ3) is 4.90. The number of rotatable bonds is 7. The number of anilines is 1. The number of para-hydroxylation sites is 1. The van der Waals surface area contributed by atoms with E-state index in [0.717, 1.165) is 42.1 Å². The number of thiophene rings is 1. The lowest BCUT2D eigenvalue weighted by atomic mass is 10.0. The van der Waals surface area contributed by atoms with Gasteiger partial charge >= 0.3 is 0 Å². The molecule has 2 heterocycles. The molecule has 1 atom stereocenters. The van der Waals surface area contributed by atoms with Crippen molar-refractivity contribution in [2.45, 2.75) is 43.4 Å². The van der Waals surface area contributed by atoms with Crippen LogP contribution in [-0.4, -0.2) is 21.1 Å². The third-order valence-electron chi connectivity index (χ3n) is 5.25. The number of thioether (sulfide) groups is 1. The molecule has 4 rings (SSSR count). The van der Waals surface area contributed by atoms with Gasteiger partial charge in [0.1, 0.15) is 16.2 Å². The van der Waals surface area contributed by atoms with Crippen LogP contribution in [0.25, 0.3) is 21.3 Å². The Hall–Kier alpha value is -2.22. The van der Waals surface area contributed by atoms with Gasteiger partial charge in [0.15, 0.2) is 0 Å². The van der Waals surface area contributed by atoms with Crippen LogP contribution >= 0.6 is 39.0 Å². The van der Waals surface area contributed by atoms with Crippen LogP contribution in [0, 0.1) is 0 Å². The highest BCUT2D eigenvalue weighted by molar-refractivity contribution is 9.10. The van der Waals surface area contributed by atoms with E-state index in [-0.39, 0.29) is 11.2 Å². The van der Waals surface area contributed by atoms with Gasteiger partial charge in [-0.1, -0.05) is 78.8 Å². The standard InChI is InChI=1S/C25H24BrN3OS2/c1-4-21(23(30)29-20-8-6-5-7-18(20)15(2)3)32-25-22-19(13-31-24(22)27-14-28-25)16-9-11-17(26)12-10-16/h5-15,21H,4H2,1-3H3,(H,29,30). The number of hydrogen-bond acceptors (Lipinski definition) is 5. The van der Waals surface area contributed by atoms with Crippen LogP contribution in [-0.2, 0) is 4.79 Å². The van der Waals surface area contributed by atoms with Crippen LogP contribution in [0.2, 0.25) is 0 Å². The van der Waals surface area contributed by atoms with Crippen molar-refractivity contribution in [1.29, 1.82) is 0 Å². The first-order chi connectivity index (χ1) is 15.5. The fourth-order valence-corrected chi connectivity index (χ4v) is 5.84. The minimum Gasteiger partial charge on any atom is -0.325 e. The van der Waals surface area contributed by atoms with Crippen LogP contribution in [0.1, 0.15) is 38.7 Å². The van der Waals surface area contributed by atoms with E-state index >= 15 is 0 Å². The summed E-state index contributed by atoms with van der Waals surface area (Å²) >= 11 is 6.61. The van der Waals surface area contributed by atoms with Gasteiger partial charge in [-0.05, 0) is 41.7 Å². The summed E-state index contributed by atoms with van der Waals surface area (Å²) in [6.45, 7) is 6.30. The van der Waals surface area contributed by atoms with Crippen LogP contribution in [0.3, 0.4) is 0 Å². The predicted octanol–water partition coefficient (Wildman–Crippen LogP) is 7.75. The van der Waals surface area contributed by atoms with E-state index in [1.165, 1.54) is 11.8 Å². The number of carbonyl (C=O) groups excluding carboxylic acids is 1.